The number of nitrogens with zero attached hydrogens (tertiary/aromatic N) is 1. The van der Waals surface area contributed by atoms with Crippen molar-refractivity contribution >= 4 is 24.2 Å². The van der Waals surface area contributed by atoms with E-state index < -0.39 is 0 Å². The highest BCUT2D eigenvalue weighted by molar-refractivity contribution is 5.85. The highest BCUT2D eigenvalue weighted by Crippen LogP contribution is 2.30. The van der Waals surface area contributed by atoms with Gasteiger partial charge in [0.05, 0.1) is 0 Å². The third-order valence-corrected chi connectivity index (χ3v) is 5.17. The molecule has 2 saturated carbocycles. The Hall–Kier alpha value is -0.810. The second-order valence-corrected chi connectivity index (χ2v) is 7.01. The molecule has 126 valence electrons. The Morgan fingerprint density at radius 1 is 0.955 bits per heavy atom. The van der Waals surface area contributed by atoms with E-state index in [0.717, 1.165) is 64.5 Å². The summed E-state index contributed by atoms with van der Waals surface area (Å²) in [6, 6.07) is 0.457. The lowest BCUT2D eigenvalue weighted by Gasteiger charge is -2.36. The molecule has 2 aliphatic carbocycles. The summed E-state index contributed by atoms with van der Waals surface area (Å²) in [5.41, 5.74) is 5.99. The zero-order valence-corrected chi connectivity index (χ0v) is 13.9. The van der Waals surface area contributed by atoms with Gasteiger partial charge in [0.1, 0.15) is 0 Å². The van der Waals surface area contributed by atoms with Gasteiger partial charge in [-0.15, -0.1) is 12.4 Å². The lowest BCUT2D eigenvalue weighted by atomic mass is 9.85. The van der Waals surface area contributed by atoms with Gasteiger partial charge >= 0.3 is 0 Å². The molecule has 1 aliphatic heterocycles. The Morgan fingerprint density at radius 3 is 2.23 bits per heavy atom. The van der Waals surface area contributed by atoms with Crippen LogP contribution in [0.1, 0.15) is 51.4 Å². The van der Waals surface area contributed by atoms with Gasteiger partial charge in [-0.25, -0.2) is 0 Å². The number of piperidine rings is 1. The first-order valence-corrected chi connectivity index (χ1v) is 8.48. The second kappa shape index (κ2) is 7.64. The van der Waals surface area contributed by atoms with Crippen LogP contribution in [0.15, 0.2) is 0 Å². The summed E-state index contributed by atoms with van der Waals surface area (Å²) in [5.74, 6) is 0.912. The van der Waals surface area contributed by atoms with Crippen LogP contribution in [0, 0.1) is 11.8 Å². The molecule has 0 aromatic carbocycles. The van der Waals surface area contributed by atoms with Crippen molar-refractivity contribution in [2.45, 2.75) is 63.5 Å². The first-order chi connectivity index (χ1) is 10.1. The molecule has 3 fully saturated rings. The molecule has 0 aromatic rings. The molecule has 5 nitrogen and oxygen atoms in total. The van der Waals surface area contributed by atoms with E-state index in [4.69, 9.17) is 5.73 Å². The summed E-state index contributed by atoms with van der Waals surface area (Å²) < 4.78 is 0. The van der Waals surface area contributed by atoms with E-state index in [2.05, 4.69) is 5.32 Å². The highest BCUT2D eigenvalue weighted by Gasteiger charge is 2.34. The second-order valence-electron chi connectivity index (χ2n) is 7.01. The predicted octanol–water partition coefficient (Wildman–Crippen LogP) is 1.44. The van der Waals surface area contributed by atoms with E-state index in [9.17, 15) is 9.59 Å². The molecule has 6 heteroatoms. The van der Waals surface area contributed by atoms with Crippen molar-refractivity contribution in [1.82, 2.24) is 10.2 Å². The summed E-state index contributed by atoms with van der Waals surface area (Å²) in [6.07, 6.45) is 7.84. The molecular formula is C16H28ClN3O2. The van der Waals surface area contributed by atoms with E-state index >= 15 is 0 Å². The number of nitrogens with two attached hydrogens (primary N) is 1. The minimum Gasteiger partial charge on any atom is -0.353 e. The van der Waals surface area contributed by atoms with Crippen molar-refractivity contribution in [3.63, 3.8) is 0 Å². The zero-order chi connectivity index (χ0) is 14.8. The van der Waals surface area contributed by atoms with Crippen LogP contribution in [0.4, 0.5) is 0 Å². The van der Waals surface area contributed by atoms with Crippen molar-refractivity contribution in [2.75, 3.05) is 13.1 Å². The fourth-order valence-corrected chi connectivity index (χ4v) is 3.62. The van der Waals surface area contributed by atoms with Crippen molar-refractivity contribution in [3.8, 4) is 0 Å². The maximum atomic E-state index is 12.5. The molecule has 22 heavy (non-hydrogen) atoms. The van der Waals surface area contributed by atoms with E-state index in [1.165, 1.54) is 0 Å². The van der Waals surface area contributed by atoms with E-state index in [-0.39, 0.29) is 48.1 Å². The van der Waals surface area contributed by atoms with Crippen molar-refractivity contribution in [2.24, 2.45) is 17.6 Å². The van der Waals surface area contributed by atoms with Crippen LogP contribution in [0.25, 0.3) is 0 Å². The smallest absolute Gasteiger partial charge is 0.225 e. The molecule has 3 rings (SSSR count). The molecule has 2 unspecified atom stereocenters. The third-order valence-electron chi connectivity index (χ3n) is 5.17. The monoisotopic (exact) mass is 329 g/mol. The number of carbonyl (C=O) groups is 2. The van der Waals surface area contributed by atoms with Crippen LogP contribution in [-0.2, 0) is 9.59 Å². The molecule has 3 N–H and O–H groups in total. The first kappa shape index (κ1) is 17.5. The minimum atomic E-state index is 0. The number of hydrogen-bond acceptors (Lipinski definition) is 3. The van der Waals surface area contributed by atoms with Gasteiger partial charge in [0.2, 0.25) is 11.8 Å². The Labute approximate surface area is 138 Å². The molecule has 1 saturated heterocycles. The Balaban J connectivity index is 0.00000176. The predicted molar refractivity (Wildman–Crippen MR) is 87.7 cm³/mol. The number of rotatable bonds is 3. The standard InChI is InChI=1S/C16H27N3O2.ClH/c17-13-3-1-2-12(10-13)16(21)19-8-6-14(7-9-19)18-15(20)11-4-5-11;/h11-14H,1-10,17H2,(H,18,20);1H. The molecule has 0 spiro atoms. The summed E-state index contributed by atoms with van der Waals surface area (Å²) in [6.45, 7) is 1.56. The quantitative estimate of drug-likeness (QED) is 0.822. The molecule has 0 radical (unpaired) electrons. The molecule has 2 amide bonds. The molecule has 1 heterocycles. The van der Waals surface area contributed by atoms with Gasteiger partial charge in [-0.3, -0.25) is 9.59 Å². The van der Waals surface area contributed by atoms with Gasteiger partial charge in [-0.05, 0) is 44.9 Å². The highest BCUT2D eigenvalue weighted by atomic mass is 35.5. The van der Waals surface area contributed by atoms with E-state index in [1.807, 2.05) is 4.90 Å². The van der Waals surface area contributed by atoms with E-state index in [0.29, 0.717) is 0 Å². The summed E-state index contributed by atoms with van der Waals surface area (Å²) in [5, 5.41) is 3.13. The fraction of sp³-hybridized carbons (Fsp3) is 0.875. The Kier molecular flexibility index (Phi) is 6.09. The Bertz CT molecular complexity index is 406. The van der Waals surface area contributed by atoms with Crippen LogP contribution in [0.2, 0.25) is 0 Å². The minimum absolute atomic E-state index is 0. The van der Waals surface area contributed by atoms with Crippen LogP contribution in [0.3, 0.4) is 0 Å². The van der Waals surface area contributed by atoms with Crippen molar-refractivity contribution in [1.29, 1.82) is 0 Å². The van der Waals surface area contributed by atoms with E-state index in [1.54, 1.807) is 0 Å². The maximum Gasteiger partial charge on any atom is 0.225 e. The van der Waals surface area contributed by atoms with Crippen LogP contribution in [0.5, 0.6) is 0 Å². The summed E-state index contributed by atoms with van der Waals surface area (Å²) >= 11 is 0. The number of hydrogen-bond donors (Lipinski definition) is 2. The first-order valence-electron chi connectivity index (χ1n) is 8.48. The third kappa shape index (κ3) is 4.35. The van der Waals surface area contributed by atoms with Crippen LogP contribution >= 0.6 is 12.4 Å². The number of nitrogens with one attached hydrogen (secondary N) is 1. The number of amides is 2. The molecule has 3 aliphatic rings. The van der Waals surface area contributed by atoms with Crippen molar-refractivity contribution in [3.05, 3.63) is 0 Å². The summed E-state index contributed by atoms with van der Waals surface area (Å²) in [7, 11) is 0. The van der Waals surface area contributed by atoms with Crippen molar-refractivity contribution < 1.29 is 9.59 Å². The fourth-order valence-electron chi connectivity index (χ4n) is 3.62. The molecule has 0 bridgehead atoms. The van der Waals surface area contributed by atoms with Gasteiger partial charge in [0, 0.05) is 37.0 Å². The Morgan fingerprint density at radius 2 is 1.64 bits per heavy atom. The van der Waals surface area contributed by atoms with Gasteiger partial charge in [-0.1, -0.05) is 6.42 Å². The molecule has 0 aromatic heterocycles. The van der Waals surface area contributed by atoms with Gasteiger partial charge in [0.15, 0.2) is 0 Å². The molecule has 2 atom stereocenters. The van der Waals surface area contributed by atoms with Crippen LogP contribution < -0.4 is 11.1 Å². The average molecular weight is 330 g/mol. The zero-order valence-electron chi connectivity index (χ0n) is 13.1. The normalized spacial score (nSPS) is 29.6. The SMILES string of the molecule is Cl.NC1CCCC(C(=O)N2CCC(NC(=O)C3CC3)CC2)C1. The van der Waals surface area contributed by atoms with Gasteiger partial charge < -0.3 is 16.0 Å². The topological polar surface area (TPSA) is 75.4 Å². The number of halogens is 1. The largest absolute Gasteiger partial charge is 0.353 e. The molecular weight excluding hydrogens is 302 g/mol. The van der Waals surface area contributed by atoms with Gasteiger partial charge in [0.25, 0.3) is 0 Å². The van der Waals surface area contributed by atoms with Gasteiger partial charge in [-0.2, -0.15) is 0 Å². The lowest BCUT2D eigenvalue weighted by Crippen LogP contribution is -2.49. The van der Waals surface area contributed by atoms with Crippen LogP contribution in [-0.4, -0.2) is 41.9 Å². The number of likely N-dealkylation sites (tertiary alicyclic amines) is 1. The average Bonchev–Trinajstić information content (AvgIpc) is 3.32. The number of carbonyl (C=O) groups excluding carboxylic acids is 2. The lowest BCUT2D eigenvalue weighted by molar-refractivity contribution is -0.138. The summed E-state index contributed by atoms with van der Waals surface area (Å²) in [4.78, 5) is 26.3. The maximum absolute atomic E-state index is 12.5.